The largest absolute Gasteiger partial charge is 0.483 e. The molecule has 3 N–H and O–H groups in total. The Kier molecular flexibility index (Phi) is 8.25. The molecule has 0 spiro atoms. The van der Waals surface area contributed by atoms with E-state index in [9.17, 15) is 4.79 Å². The van der Waals surface area contributed by atoms with Crippen molar-refractivity contribution in [2.45, 2.75) is 12.7 Å². The molecule has 0 saturated heterocycles. The summed E-state index contributed by atoms with van der Waals surface area (Å²) in [5.74, 6) is 1.02. The van der Waals surface area contributed by atoms with Gasteiger partial charge in [-0.05, 0) is 36.8 Å². The normalized spacial score (nSPS) is 11.5. The molecule has 0 aliphatic rings. The molecule has 0 bridgehead atoms. The van der Waals surface area contributed by atoms with E-state index in [1.807, 2.05) is 79.7 Å². The monoisotopic (exact) mass is 432 g/mol. The van der Waals surface area contributed by atoms with E-state index in [4.69, 9.17) is 10.5 Å². The van der Waals surface area contributed by atoms with E-state index in [-0.39, 0.29) is 12.5 Å². The minimum atomic E-state index is -0.241. The van der Waals surface area contributed by atoms with Crippen molar-refractivity contribution in [3.8, 4) is 5.75 Å². The summed E-state index contributed by atoms with van der Waals surface area (Å²) in [6.07, 6.45) is 1.56. The van der Waals surface area contributed by atoms with Gasteiger partial charge >= 0.3 is 0 Å². The van der Waals surface area contributed by atoms with Gasteiger partial charge in [-0.2, -0.15) is 5.10 Å². The fourth-order valence-corrected chi connectivity index (χ4v) is 3.22. The molecule has 0 aliphatic heterocycles. The Morgan fingerprint density at radius 2 is 1.74 bits per heavy atom. The second-order valence-corrected chi connectivity index (χ2v) is 7.69. The number of anilines is 1. The molecule has 0 unspecified atom stereocenters. The van der Waals surface area contributed by atoms with E-state index in [0.717, 1.165) is 22.6 Å². The predicted octanol–water partition coefficient (Wildman–Crippen LogP) is 4.59. The maximum absolute atomic E-state index is 12.2. The van der Waals surface area contributed by atoms with Gasteiger partial charge in [-0.3, -0.25) is 4.79 Å². The van der Waals surface area contributed by atoms with Crippen LogP contribution in [0.2, 0.25) is 0 Å². The maximum atomic E-state index is 12.2. The number of nitrogens with two attached hydrogens (primary N) is 1. The van der Waals surface area contributed by atoms with Crippen LogP contribution in [-0.2, 0) is 10.5 Å². The lowest BCUT2D eigenvalue weighted by Crippen LogP contribution is -2.20. The molecule has 31 heavy (non-hydrogen) atoms. The highest BCUT2D eigenvalue weighted by molar-refractivity contribution is 8.13. The van der Waals surface area contributed by atoms with Crippen LogP contribution in [0.5, 0.6) is 5.75 Å². The first-order valence-electron chi connectivity index (χ1n) is 9.72. The number of carbonyl (C=O) groups is 1. The summed E-state index contributed by atoms with van der Waals surface area (Å²) >= 11 is 1.41. The first-order valence-corrected chi connectivity index (χ1v) is 10.7. The average Bonchev–Trinajstić information content (AvgIpc) is 2.79. The number of hydrogen-bond donors (Lipinski definition) is 2. The Balaban J connectivity index is 1.53. The van der Waals surface area contributed by atoms with E-state index >= 15 is 0 Å². The topological polar surface area (TPSA) is 89.1 Å². The van der Waals surface area contributed by atoms with Crippen molar-refractivity contribution in [2.75, 3.05) is 11.9 Å². The van der Waals surface area contributed by atoms with Gasteiger partial charge in [0.1, 0.15) is 5.75 Å². The summed E-state index contributed by atoms with van der Waals surface area (Å²) in [7, 11) is 0. The number of aryl methyl sites for hydroxylation is 1. The Labute approximate surface area is 186 Å². The second kappa shape index (κ2) is 11.6. The summed E-state index contributed by atoms with van der Waals surface area (Å²) in [4.78, 5) is 12.2. The van der Waals surface area contributed by atoms with Crippen LogP contribution in [0.1, 0.15) is 16.7 Å². The van der Waals surface area contributed by atoms with Crippen LogP contribution in [0.15, 0.2) is 89.1 Å². The van der Waals surface area contributed by atoms with Gasteiger partial charge in [-0.1, -0.05) is 71.9 Å². The quantitative estimate of drug-likeness (QED) is 0.309. The maximum Gasteiger partial charge on any atom is 0.262 e. The number of thioether (sulfide) groups is 1. The first kappa shape index (κ1) is 22.1. The number of benzene rings is 3. The smallest absolute Gasteiger partial charge is 0.262 e. The molecule has 158 valence electrons. The summed E-state index contributed by atoms with van der Waals surface area (Å²) in [5.41, 5.74) is 9.65. The lowest BCUT2D eigenvalue weighted by molar-refractivity contribution is -0.118. The lowest BCUT2D eigenvalue weighted by Gasteiger charge is -2.09. The number of hydrogen-bond acceptors (Lipinski definition) is 5. The number of para-hydroxylation sites is 1. The van der Waals surface area contributed by atoms with E-state index in [1.54, 1.807) is 12.3 Å². The molecule has 0 saturated carbocycles. The third kappa shape index (κ3) is 7.64. The Morgan fingerprint density at radius 3 is 2.52 bits per heavy atom. The average molecular weight is 433 g/mol. The molecule has 0 atom stereocenters. The van der Waals surface area contributed by atoms with Crippen LogP contribution >= 0.6 is 11.8 Å². The molecule has 0 aromatic heterocycles. The summed E-state index contributed by atoms with van der Waals surface area (Å²) in [6.45, 7) is 1.88. The number of carbonyl (C=O) groups excluding carboxylic acids is 1. The molecule has 0 fully saturated rings. The van der Waals surface area contributed by atoms with Crippen molar-refractivity contribution in [1.29, 1.82) is 0 Å². The molecule has 7 heteroatoms. The van der Waals surface area contributed by atoms with Gasteiger partial charge in [0.15, 0.2) is 11.8 Å². The van der Waals surface area contributed by atoms with E-state index < -0.39 is 0 Å². The third-order valence-electron chi connectivity index (χ3n) is 4.20. The Bertz CT molecular complexity index is 1050. The highest BCUT2D eigenvalue weighted by Gasteiger charge is 2.06. The molecular weight excluding hydrogens is 408 g/mol. The van der Waals surface area contributed by atoms with Gasteiger partial charge in [-0.15, -0.1) is 5.10 Å². The van der Waals surface area contributed by atoms with Crippen LogP contribution in [0.3, 0.4) is 0 Å². The van der Waals surface area contributed by atoms with E-state index in [2.05, 4.69) is 15.5 Å². The van der Waals surface area contributed by atoms with Crippen LogP contribution in [-0.4, -0.2) is 23.9 Å². The van der Waals surface area contributed by atoms with Gasteiger partial charge in [0.2, 0.25) is 0 Å². The van der Waals surface area contributed by atoms with Crippen molar-refractivity contribution >= 4 is 34.7 Å². The van der Waals surface area contributed by atoms with Crippen molar-refractivity contribution < 1.29 is 9.53 Å². The second-order valence-electron chi connectivity index (χ2n) is 6.70. The van der Waals surface area contributed by atoms with Crippen LogP contribution < -0.4 is 15.8 Å². The molecule has 0 radical (unpaired) electrons. The number of nitrogens with one attached hydrogen (secondary N) is 1. The molecule has 0 aliphatic carbocycles. The highest BCUT2D eigenvalue weighted by atomic mass is 32.2. The minimum absolute atomic E-state index is 0.114. The molecule has 3 aromatic carbocycles. The molecule has 1 amide bonds. The lowest BCUT2D eigenvalue weighted by atomic mass is 10.2. The Morgan fingerprint density at radius 1 is 1.03 bits per heavy atom. The first-order chi connectivity index (χ1) is 15.1. The zero-order valence-electron chi connectivity index (χ0n) is 17.2. The molecule has 3 rings (SSSR count). The standard InChI is InChI=1S/C24H24N4O2S/c1-18-11-13-21(14-12-18)27-23(29)16-30-22-10-6-5-9-20(22)15-26-28-24(25)31-17-19-7-3-2-4-8-19/h2-15H,16-17H2,1H3,(H2,25,28)(H,27,29). The zero-order valence-corrected chi connectivity index (χ0v) is 18.0. The number of amidine groups is 1. The van der Waals surface area contributed by atoms with Crippen molar-refractivity contribution in [3.05, 3.63) is 95.6 Å². The summed E-state index contributed by atoms with van der Waals surface area (Å²) in [6, 6.07) is 24.9. The van der Waals surface area contributed by atoms with Crippen LogP contribution in [0.4, 0.5) is 5.69 Å². The minimum Gasteiger partial charge on any atom is -0.483 e. The van der Waals surface area contributed by atoms with E-state index in [1.165, 1.54) is 11.8 Å². The summed E-state index contributed by atoms with van der Waals surface area (Å²) < 4.78 is 5.67. The van der Waals surface area contributed by atoms with Gasteiger partial charge in [0.25, 0.3) is 5.91 Å². The fourth-order valence-electron chi connectivity index (χ4n) is 2.60. The number of ether oxygens (including phenoxy) is 1. The van der Waals surface area contributed by atoms with Gasteiger partial charge in [0, 0.05) is 17.0 Å². The third-order valence-corrected chi connectivity index (χ3v) is 5.05. The SMILES string of the molecule is Cc1ccc(NC(=O)COc2ccccc2C=NN=C(N)SCc2ccccc2)cc1. The van der Waals surface area contributed by atoms with Gasteiger partial charge in [-0.25, -0.2) is 0 Å². The molecule has 6 nitrogen and oxygen atoms in total. The molecule has 0 heterocycles. The van der Waals surface area contributed by atoms with Crippen LogP contribution in [0, 0.1) is 6.92 Å². The fraction of sp³-hybridized carbons (Fsp3) is 0.125. The highest BCUT2D eigenvalue weighted by Crippen LogP contribution is 2.17. The summed E-state index contributed by atoms with van der Waals surface area (Å²) in [5, 5.41) is 11.3. The number of rotatable bonds is 8. The number of amides is 1. The zero-order chi connectivity index (χ0) is 21.9. The molecule has 3 aromatic rings. The van der Waals surface area contributed by atoms with Gasteiger partial charge in [0.05, 0.1) is 6.21 Å². The van der Waals surface area contributed by atoms with E-state index in [0.29, 0.717) is 16.5 Å². The van der Waals surface area contributed by atoms with Crippen molar-refractivity contribution in [1.82, 2.24) is 0 Å². The van der Waals surface area contributed by atoms with Crippen molar-refractivity contribution in [3.63, 3.8) is 0 Å². The van der Waals surface area contributed by atoms with Crippen LogP contribution in [0.25, 0.3) is 0 Å². The number of nitrogens with zero attached hydrogens (tertiary/aromatic N) is 2. The van der Waals surface area contributed by atoms with Crippen molar-refractivity contribution in [2.24, 2.45) is 15.9 Å². The van der Waals surface area contributed by atoms with Gasteiger partial charge < -0.3 is 15.8 Å². The Hall–Kier alpha value is -3.58. The molecular formula is C24H24N4O2S. The predicted molar refractivity (Wildman–Crippen MR) is 129 cm³/mol.